The van der Waals surface area contributed by atoms with Crippen LogP contribution in [0.5, 0.6) is 11.5 Å². The fourth-order valence-electron chi connectivity index (χ4n) is 4.73. The predicted octanol–water partition coefficient (Wildman–Crippen LogP) is 6.21. The van der Waals surface area contributed by atoms with Crippen molar-refractivity contribution in [2.24, 2.45) is 0 Å². The van der Waals surface area contributed by atoms with Gasteiger partial charge in [0, 0.05) is 23.1 Å². The third-order valence-corrected chi connectivity index (χ3v) is 7.36. The van der Waals surface area contributed by atoms with Gasteiger partial charge in [0.05, 0.1) is 11.4 Å². The van der Waals surface area contributed by atoms with Gasteiger partial charge in [0.15, 0.2) is 11.5 Å². The average Bonchev–Trinajstić information content (AvgIpc) is 3.51. The van der Waals surface area contributed by atoms with Gasteiger partial charge in [-0.15, -0.1) is 0 Å². The van der Waals surface area contributed by atoms with E-state index in [0.29, 0.717) is 10.7 Å². The number of amides is 2. The normalized spacial score (nSPS) is 16.2. The van der Waals surface area contributed by atoms with E-state index in [1.165, 1.54) is 4.90 Å². The number of aromatic nitrogens is 1. The number of aryl methyl sites for hydroxylation is 1. The second-order valence-electron chi connectivity index (χ2n) is 8.61. The van der Waals surface area contributed by atoms with Crippen LogP contribution in [0, 0.1) is 13.8 Å². The lowest BCUT2D eigenvalue weighted by atomic mass is 10.0. The molecule has 0 saturated carbocycles. The van der Waals surface area contributed by atoms with Crippen LogP contribution in [0.4, 0.5) is 4.79 Å². The van der Waals surface area contributed by atoms with Gasteiger partial charge < -0.3 is 14.0 Å². The largest absolute Gasteiger partial charge is 0.454 e. The number of rotatable bonds is 4. The van der Waals surface area contributed by atoms with Crippen molar-refractivity contribution in [3.8, 4) is 17.2 Å². The quantitative estimate of drug-likeness (QED) is 0.324. The first kappa shape index (κ1) is 21.6. The molecular weight excluding hydrogens is 460 g/mol. The molecule has 6 rings (SSSR count). The van der Waals surface area contributed by atoms with Gasteiger partial charge in [-0.2, -0.15) is 0 Å². The maximum atomic E-state index is 13.2. The average molecular weight is 483 g/mol. The number of hydrogen-bond acceptors (Lipinski definition) is 5. The summed E-state index contributed by atoms with van der Waals surface area (Å²) in [6.07, 6.45) is 1.82. The highest BCUT2D eigenvalue weighted by molar-refractivity contribution is 8.18. The fraction of sp³-hybridized carbons (Fsp3) is 0.143. The van der Waals surface area contributed by atoms with Crippen LogP contribution in [0.1, 0.15) is 22.5 Å². The Hall–Kier alpha value is -3.97. The number of carbonyl (C=O) groups excluding carboxylic acids is 2. The minimum absolute atomic E-state index is 0.225. The molecule has 1 fully saturated rings. The molecule has 2 aliphatic rings. The van der Waals surface area contributed by atoms with Crippen LogP contribution in [0.2, 0.25) is 0 Å². The van der Waals surface area contributed by atoms with Crippen molar-refractivity contribution in [3.63, 3.8) is 0 Å². The zero-order valence-corrected chi connectivity index (χ0v) is 20.1. The summed E-state index contributed by atoms with van der Waals surface area (Å²) >= 11 is 0.990. The summed E-state index contributed by atoms with van der Waals surface area (Å²) in [5.74, 6) is 1.18. The SMILES string of the molecule is Cc1cc(/C=C2/SC(=O)N(Cc3cccc4ccccc34)C2=O)c(C)n1-c1ccc2c(c1)OCO2. The number of nitrogens with zero attached hydrogens (tertiary/aromatic N) is 2. The van der Waals surface area contributed by atoms with E-state index in [4.69, 9.17) is 9.47 Å². The zero-order chi connectivity index (χ0) is 24.1. The monoisotopic (exact) mass is 482 g/mol. The van der Waals surface area contributed by atoms with Crippen molar-refractivity contribution in [2.75, 3.05) is 6.79 Å². The standard InChI is InChI=1S/C28H22N2O4S/c1-17-12-21(18(2)30(17)22-10-11-24-25(14-22)34-16-33-24)13-26-27(31)29(28(32)35-26)15-20-8-5-7-19-6-3-4-9-23(19)20/h3-14H,15-16H2,1-2H3/b26-13+. The maximum Gasteiger partial charge on any atom is 0.293 e. The Morgan fingerprint density at radius 1 is 0.943 bits per heavy atom. The molecule has 2 amide bonds. The summed E-state index contributed by atoms with van der Waals surface area (Å²) in [6, 6.07) is 21.8. The van der Waals surface area contributed by atoms with Gasteiger partial charge in [-0.1, -0.05) is 42.5 Å². The molecule has 1 saturated heterocycles. The third kappa shape index (κ3) is 3.68. The number of hydrogen-bond donors (Lipinski definition) is 0. The van der Waals surface area contributed by atoms with Gasteiger partial charge >= 0.3 is 0 Å². The third-order valence-electron chi connectivity index (χ3n) is 6.45. The number of fused-ring (bicyclic) bond motifs is 2. The smallest absolute Gasteiger partial charge is 0.293 e. The van der Waals surface area contributed by atoms with Crippen molar-refractivity contribution < 1.29 is 19.1 Å². The Morgan fingerprint density at radius 3 is 2.63 bits per heavy atom. The Balaban J connectivity index is 1.30. The molecule has 0 radical (unpaired) electrons. The Bertz CT molecular complexity index is 1550. The zero-order valence-electron chi connectivity index (χ0n) is 19.3. The first-order valence-corrected chi connectivity index (χ1v) is 12.1. The van der Waals surface area contributed by atoms with Crippen LogP contribution in [0.15, 0.2) is 71.6 Å². The van der Waals surface area contributed by atoms with E-state index >= 15 is 0 Å². The van der Waals surface area contributed by atoms with Crippen molar-refractivity contribution in [2.45, 2.75) is 20.4 Å². The lowest BCUT2D eigenvalue weighted by Crippen LogP contribution is -2.27. The van der Waals surface area contributed by atoms with Gasteiger partial charge in [0.25, 0.3) is 11.1 Å². The van der Waals surface area contributed by atoms with Gasteiger partial charge in [0.1, 0.15) is 0 Å². The molecule has 0 spiro atoms. The molecule has 3 aromatic carbocycles. The van der Waals surface area contributed by atoms with E-state index in [-0.39, 0.29) is 24.5 Å². The van der Waals surface area contributed by atoms with Crippen LogP contribution in [-0.4, -0.2) is 27.4 Å². The maximum absolute atomic E-state index is 13.2. The number of benzene rings is 3. The number of imide groups is 1. The van der Waals surface area contributed by atoms with Crippen molar-refractivity contribution in [1.82, 2.24) is 9.47 Å². The summed E-state index contributed by atoms with van der Waals surface area (Å²) in [4.78, 5) is 27.8. The second kappa shape index (κ2) is 8.36. The lowest BCUT2D eigenvalue weighted by molar-refractivity contribution is -0.123. The van der Waals surface area contributed by atoms with Crippen LogP contribution in [-0.2, 0) is 11.3 Å². The lowest BCUT2D eigenvalue weighted by Gasteiger charge is -2.14. The van der Waals surface area contributed by atoms with Crippen molar-refractivity contribution in [3.05, 3.63) is 94.1 Å². The summed E-state index contributed by atoms with van der Waals surface area (Å²) in [6.45, 7) is 4.49. The van der Waals surface area contributed by atoms with Crippen LogP contribution in [0.3, 0.4) is 0 Å². The van der Waals surface area contributed by atoms with Crippen LogP contribution in [0.25, 0.3) is 22.5 Å². The highest BCUT2D eigenvalue weighted by Gasteiger charge is 2.35. The van der Waals surface area contributed by atoms with Crippen molar-refractivity contribution in [1.29, 1.82) is 0 Å². The topological polar surface area (TPSA) is 60.8 Å². The minimum atomic E-state index is -0.263. The molecule has 7 heteroatoms. The molecule has 0 aliphatic carbocycles. The van der Waals surface area contributed by atoms with Crippen LogP contribution < -0.4 is 9.47 Å². The first-order valence-electron chi connectivity index (χ1n) is 11.3. The van der Waals surface area contributed by atoms with Crippen molar-refractivity contribution >= 4 is 39.8 Å². The van der Waals surface area contributed by atoms with E-state index in [0.717, 1.165) is 56.5 Å². The summed E-state index contributed by atoms with van der Waals surface area (Å²) in [5, 5.41) is 1.88. The molecule has 3 heterocycles. The van der Waals surface area contributed by atoms with E-state index in [9.17, 15) is 9.59 Å². The van der Waals surface area contributed by atoms with E-state index in [1.54, 1.807) is 0 Å². The Morgan fingerprint density at radius 2 is 1.74 bits per heavy atom. The summed E-state index contributed by atoms with van der Waals surface area (Å²) < 4.78 is 13.1. The predicted molar refractivity (Wildman–Crippen MR) is 137 cm³/mol. The second-order valence-corrected chi connectivity index (χ2v) is 9.60. The molecule has 2 aliphatic heterocycles. The van der Waals surface area contributed by atoms with Gasteiger partial charge in [-0.3, -0.25) is 14.5 Å². The highest BCUT2D eigenvalue weighted by Crippen LogP contribution is 2.37. The highest BCUT2D eigenvalue weighted by atomic mass is 32.2. The fourth-order valence-corrected chi connectivity index (χ4v) is 5.56. The number of carbonyl (C=O) groups is 2. The van der Waals surface area contributed by atoms with Gasteiger partial charge in [-0.25, -0.2) is 0 Å². The van der Waals surface area contributed by atoms with E-state index in [2.05, 4.69) is 4.57 Å². The van der Waals surface area contributed by atoms with Gasteiger partial charge in [0.2, 0.25) is 6.79 Å². The summed E-state index contributed by atoms with van der Waals surface area (Å²) in [5.41, 5.74) is 4.79. The molecule has 35 heavy (non-hydrogen) atoms. The number of thioether (sulfide) groups is 1. The molecule has 174 valence electrons. The molecular formula is C28H22N2O4S. The van der Waals surface area contributed by atoms with Crippen LogP contribution >= 0.6 is 11.8 Å². The molecule has 6 nitrogen and oxygen atoms in total. The summed E-state index contributed by atoms with van der Waals surface area (Å²) in [7, 11) is 0. The Labute approximate surface area is 206 Å². The Kier molecular flexibility index (Phi) is 5.15. The minimum Gasteiger partial charge on any atom is -0.454 e. The number of ether oxygens (including phenoxy) is 2. The molecule has 4 aromatic rings. The van der Waals surface area contributed by atoms with Gasteiger partial charge in [-0.05, 0) is 71.8 Å². The van der Waals surface area contributed by atoms with E-state index in [1.807, 2.05) is 86.7 Å². The van der Waals surface area contributed by atoms with E-state index < -0.39 is 0 Å². The molecule has 0 N–H and O–H groups in total. The molecule has 0 unspecified atom stereocenters. The molecule has 0 atom stereocenters. The molecule has 0 bridgehead atoms. The molecule has 1 aromatic heterocycles. The first-order chi connectivity index (χ1) is 17.0.